The lowest BCUT2D eigenvalue weighted by molar-refractivity contribution is -0.140. The number of hydrogen-bond acceptors (Lipinski definition) is 3. The van der Waals surface area contributed by atoms with Crippen LogP contribution in [-0.4, -0.2) is 67.6 Å². The first-order valence-corrected chi connectivity index (χ1v) is 6.88. The van der Waals surface area contributed by atoms with Gasteiger partial charge in [0.05, 0.1) is 12.6 Å². The molecule has 0 aromatic carbocycles. The Labute approximate surface area is 137 Å². The largest absolute Gasteiger partial charge is 0.370 e. The Hall–Kier alpha value is -0.570. The van der Waals surface area contributed by atoms with E-state index in [1.807, 2.05) is 11.9 Å². The molecule has 1 aliphatic carbocycles. The Morgan fingerprint density at radius 3 is 2.45 bits per heavy atom. The molecule has 1 heterocycles. The van der Waals surface area contributed by atoms with E-state index >= 15 is 0 Å². The number of rotatable bonds is 4. The predicted octanol–water partition coefficient (Wildman–Crippen LogP) is 0.649. The number of guanidine groups is 1. The van der Waals surface area contributed by atoms with Crippen LogP contribution in [0.2, 0.25) is 0 Å². The SMILES string of the molecule is CN(C)C(=O)C1CCC(CN=C(N)N(C)C2CC2)O1.I. The standard InChI is InChI=1S/C13H24N4O2.HI/c1-16(2)12(18)11-7-6-10(19-11)8-15-13(14)17(3)9-4-5-9;/h9-11H,4-8H2,1-3H3,(H2,14,15);1H. The van der Waals surface area contributed by atoms with Gasteiger partial charge in [-0.15, -0.1) is 24.0 Å². The topological polar surface area (TPSA) is 71.2 Å². The van der Waals surface area contributed by atoms with E-state index in [1.165, 1.54) is 12.8 Å². The molecular formula is C13H25IN4O2. The fraction of sp³-hybridized carbons (Fsp3) is 0.846. The van der Waals surface area contributed by atoms with E-state index in [0.29, 0.717) is 18.5 Å². The van der Waals surface area contributed by atoms with E-state index in [0.717, 1.165) is 12.8 Å². The first-order chi connectivity index (χ1) is 8.99. The Bertz CT molecular complexity index is 371. The highest BCUT2D eigenvalue weighted by molar-refractivity contribution is 14.0. The van der Waals surface area contributed by atoms with Crippen molar-refractivity contribution in [3.63, 3.8) is 0 Å². The summed E-state index contributed by atoms with van der Waals surface area (Å²) in [5.41, 5.74) is 5.92. The Morgan fingerprint density at radius 1 is 1.25 bits per heavy atom. The Morgan fingerprint density at radius 2 is 1.90 bits per heavy atom. The number of likely N-dealkylation sites (N-methyl/N-ethyl adjacent to an activating group) is 1. The highest BCUT2D eigenvalue weighted by Gasteiger charge is 2.32. The summed E-state index contributed by atoms with van der Waals surface area (Å²) < 4.78 is 5.72. The maximum atomic E-state index is 11.8. The highest BCUT2D eigenvalue weighted by Crippen LogP contribution is 2.25. The lowest BCUT2D eigenvalue weighted by Gasteiger charge is -2.18. The van der Waals surface area contributed by atoms with Crippen LogP contribution in [0.25, 0.3) is 0 Å². The van der Waals surface area contributed by atoms with Crippen LogP contribution < -0.4 is 5.73 Å². The molecule has 2 rings (SSSR count). The fourth-order valence-electron chi connectivity index (χ4n) is 2.27. The van der Waals surface area contributed by atoms with Gasteiger partial charge in [0.2, 0.25) is 0 Å². The van der Waals surface area contributed by atoms with Gasteiger partial charge in [0.15, 0.2) is 5.96 Å². The van der Waals surface area contributed by atoms with Crippen molar-refractivity contribution < 1.29 is 9.53 Å². The van der Waals surface area contributed by atoms with E-state index in [9.17, 15) is 4.79 Å². The summed E-state index contributed by atoms with van der Waals surface area (Å²) in [7, 11) is 5.48. The van der Waals surface area contributed by atoms with E-state index in [1.54, 1.807) is 19.0 Å². The molecule has 2 fully saturated rings. The van der Waals surface area contributed by atoms with Gasteiger partial charge >= 0.3 is 0 Å². The summed E-state index contributed by atoms with van der Waals surface area (Å²) in [6.07, 6.45) is 3.75. The zero-order valence-electron chi connectivity index (χ0n) is 12.4. The maximum absolute atomic E-state index is 11.8. The lowest BCUT2D eigenvalue weighted by Crippen LogP contribution is -2.36. The third-order valence-corrected chi connectivity index (χ3v) is 3.74. The molecule has 1 saturated heterocycles. The van der Waals surface area contributed by atoms with Gasteiger partial charge in [-0.05, 0) is 25.7 Å². The number of nitrogens with zero attached hydrogens (tertiary/aromatic N) is 3. The Balaban J connectivity index is 0.00000200. The maximum Gasteiger partial charge on any atom is 0.251 e. The van der Waals surface area contributed by atoms with E-state index in [4.69, 9.17) is 10.5 Å². The first kappa shape index (κ1) is 17.5. The fourth-order valence-corrected chi connectivity index (χ4v) is 2.27. The number of amides is 1. The minimum atomic E-state index is -0.308. The second kappa shape index (κ2) is 7.44. The van der Waals surface area contributed by atoms with Gasteiger partial charge in [0.1, 0.15) is 6.10 Å². The van der Waals surface area contributed by atoms with Crippen LogP contribution in [0.5, 0.6) is 0 Å². The summed E-state index contributed by atoms with van der Waals surface area (Å²) in [5.74, 6) is 0.614. The second-order valence-electron chi connectivity index (χ2n) is 5.60. The zero-order chi connectivity index (χ0) is 14.0. The van der Waals surface area contributed by atoms with Gasteiger partial charge in [0, 0.05) is 27.2 Å². The lowest BCUT2D eigenvalue weighted by atomic mass is 10.2. The molecule has 0 aromatic heterocycles. The molecule has 116 valence electrons. The molecule has 1 amide bonds. The van der Waals surface area contributed by atoms with Crippen molar-refractivity contribution in [1.29, 1.82) is 0 Å². The average molecular weight is 396 g/mol. The number of carbonyl (C=O) groups excluding carboxylic acids is 1. The molecule has 1 saturated carbocycles. The van der Waals surface area contributed by atoms with E-state index < -0.39 is 0 Å². The van der Waals surface area contributed by atoms with Crippen molar-refractivity contribution >= 4 is 35.8 Å². The number of ether oxygens (including phenoxy) is 1. The minimum absolute atomic E-state index is 0. The molecular weight excluding hydrogens is 371 g/mol. The summed E-state index contributed by atoms with van der Waals surface area (Å²) in [6, 6.07) is 0.566. The van der Waals surface area contributed by atoms with E-state index in [2.05, 4.69) is 4.99 Å². The summed E-state index contributed by atoms with van der Waals surface area (Å²) in [6.45, 7) is 0.542. The smallest absolute Gasteiger partial charge is 0.251 e. The minimum Gasteiger partial charge on any atom is -0.370 e. The molecule has 2 aliphatic rings. The second-order valence-corrected chi connectivity index (χ2v) is 5.60. The quantitative estimate of drug-likeness (QED) is 0.431. The number of nitrogens with two attached hydrogens (primary N) is 1. The molecule has 20 heavy (non-hydrogen) atoms. The summed E-state index contributed by atoms with van der Waals surface area (Å²) >= 11 is 0. The molecule has 0 bridgehead atoms. The van der Waals surface area contributed by atoms with E-state index in [-0.39, 0.29) is 42.1 Å². The number of hydrogen-bond donors (Lipinski definition) is 1. The van der Waals surface area contributed by atoms with Crippen molar-refractivity contribution in [2.75, 3.05) is 27.7 Å². The third kappa shape index (κ3) is 4.47. The Kier molecular flexibility index (Phi) is 6.50. The van der Waals surface area contributed by atoms with Crippen LogP contribution in [0.1, 0.15) is 25.7 Å². The normalized spacial score (nSPS) is 26.1. The van der Waals surface area contributed by atoms with Crippen molar-refractivity contribution in [2.24, 2.45) is 10.7 Å². The monoisotopic (exact) mass is 396 g/mol. The molecule has 2 atom stereocenters. The molecule has 2 N–H and O–H groups in total. The summed E-state index contributed by atoms with van der Waals surface area (Å²) in [4.78, 5) is 19.7. The van der Waals surface area contributed by atoms with Crippen molar-refractivity contribution in [1.82, 2.24) is 9.80 Å². The third-order valence-electron chi connectivity index (χ3n) is 3.74. The molecule has 1 aliphatic heterocycles. The molecule has 0 spiro atoms. The molecule has 0 radical (unpaired) electrons. The van der Waals surface area contributed by atoms with Gasteiger partial charge in [-0.25, -0.2) is 0 Å². The van der Waals surface area contributed by atoms with Crippen LogP contribution in [0, 0.1) is 0 Å². The highest BCUT2D eigenvalue weighted by atomic mass is 127. The number of halogens is 1. The first-order valence-electron chi connectivity index (χ1n) is 6.88. The molecule has 6 nitrogen and oxygen atoms in total. The molecule has 0 aromatic rings. The predicted molar refractivity (Wildman–Crippen MR) is 89.3 cm³/mol. The van der Waals surface area contributed by atoms with Crippen molar-refractivity contribution in [2.45, 2.75) is 43.9 Å². The number of aliphatic imine (C=N–C) groups is 1. The van der Waals surface area contributed by atoms with Gasteiger partial charge in [-0.2, -0.15) is 0 Å². The van der Waals surface area contributed by atoms with Gasteiger partial charge in [0.25, 0.3) is 5.91 Å². The van der Waals surface area contributed by atoms with Crippen LogP contribution in [0.4, 0.5) is 0 Å². The summed E-state index contributed by atoms with van der Waals surface area (Å²) in [5, 5.41) is 0. The van der Waals surface area contributed by atoms with Crippen LogP contribution >= 0.6 is 24.0 Å². The number of carbonyl (C=O) groups is 1. The van der Waals surface area contributed by atoms with Crippen LogP contribution in [0.3, 0.4) is 0 Å². The van der Waals surface area contributed by atoms with Crippen LogP contribution in [0.15, 0.2) is 4.99 Å². The van der Waals surface area contributed by atoms with Gasteiger partial charge in [-0.3, -0.25) is 9.79 Å². The van der Waals surface area contributed by atoms with Crippen molar-refractivity contribution in [3.05, 3.63) is 0 Å². The molecule has 2 unspecified atom stereocenters. The molecule has 7 heteroatoms. The average Bonchev–Trinajstić information content (AvgIpc) is 3.13. The van der Waals surface area contributed by atoms with Crippen molar-refractivity contribution in [3.8, 4) is 0 Å². The zero-order valence-corrected chi connectivity index (χ0v) is 14.7. The van der Waals surface area contributed by atoms with Crippen LogP contribution in [-0.2, 0) is 9.53 Å². The van der Waals surface area contributed by atoms with Gasteiger partial charge in [-0.1, -0.05) is 0 Å². The van der Waals surface area contributed by atoms with Gasteiger partial charge < -0.3 is 20.3 Å².